The molecule has 0 bridgehead atoms. The quantitative estimate of drug-likeness (QED) is 0.747. The van der Waals surface area contributed by atoms with Gasteiger partial charge in [-0.1, -0.05) is 31.0 Å². The standard InChI is InChI=1S/C21H24N2O4/c24-19(23-21(13-20(25)26)8-1-2-9-21)12-16-5-3-7-18(11-16)27-15-17-6-4-10-22-14-17/h3-7,10-11,14H,1-2,8-9,12-13,15H2,(H,23,24)(H,25,26). The van der Waals surface area contributed by atoms with E-state index in [1.807, 2.05) is 36.4 Å². The Morgan fingerprint density at radius 3 is 2.63 bits per heavy atom. The highest BCUT2D eigenvalue weighted by molar-refractivity contribution is 5.80. The number of carboxylic acids is 1. The molecule has 0 unspecified atom stereocenters. The second-order valence-corrected chi connectivity index (χ2v) is 7.08. The molecule has 6 heteroatoms. The van der Waals surface area contributed by atoms with Gasteiger partial charge in [-0.25, -0.2) is 0 Å². The first-order chi connectivity index (χ1) is 13.0. The van der Waals surface area contributed by atoms with Crippen LogP contribution in [0.1, 0.15) is 43.2 Å². The normalized spacial score (nSPS) is 15.3. The predicted octanol–water partition coefficient (Wildman–Crippen LogP) is 3.11. The van der Waals surface area contributed by atoms with Crippen molar-refractivity contribution in [3.05, 3.63) is 59.9 Å². The first-order valence-corrected chi connectivity index (χ1v) is 9.18. The van der Waals surface area contributed by atoms with Gasteiger partial charge in [-0.05, 0) is 36.6 Å². The van der Waals surface area contributed by atoms with Gasteiger partial charge in [0.05, 0.1) is 18.4 Å². The van der Waals surface area contributed by atoms with Crippen LogP contribution in [0.5, 0.6) is 5.75 Å². The van der Waals surface area contributed by atoms with Crippen molar-refractivity contribution in [1.82, 2.24) is 10.3 Å². The lowest BCUT2D eigenvalue weighted by Gasteiger charge is -2.28. The molecule has 1 aromatic carbocycles. The van der Waals surface area contributed by atoms with Crippen molar-refractivity contribution in [1.29, 1.82) is 0 Å². The summed E-state index contributed by atoms with van der Waals surface area (Å²) in [5.41, 5.74) is 1.20. The highest BCUT2D eigenvalue weighted by Crippen LogP contribution is 2.32. The summed E-state index contributed by atoms with van der Waals surface area (Å²) >= 11 is 0. The Hall–Kier alpha value is -2.89. The van der Waals surface area contributed by atoms with Gasteiger partial charge in [0.1, 0.15) is 12.4 Å². The van der Waals surface area contributed by atoms with Crippen molar-refractivity contribution >= 4 is 11.9 Å². The van der Waals surface area contributed by atoms with Gasteiger partial charge in [0.25, 0.3) is 0 Å². The molecule has 6 nitrogen and oxygen atoms in total. The summed E-state index contributed by atoms with van der Waals surface area (Å²) in [6, 6.07) is 11.2. The van der Waals surface area contributed by atoms with Crippen molar-refractivity contribution in [3.8, 4) is 5.75 Å². The van der Waals surface area contributed by atoms with E-state index in [0.29, 0.717) is 12.4 Å². The maximum Gasteiger partial charge on any atom is 0.305 e. The molecule has 142 valence electrons. The lowest BCUT2D eigenvalue weighted by atomic mass is 9.92. The van der Waals surface area contributed by atoms with Gasteiger partial charge in [0, 0.05) is 18.0 Å². The highest BCUT2D eigenvalue weighted by atomic mass is 16.5. The second-order valence-electron chi connectivity index (χ2n) is 7.08. The zero-order chi connectivity index (χ0) is 19.1. The molecule has 2 aromatic rings. The Morgan fingerprint density at radius 1 is 1.15 bits per heavy atom. The van der Waals surface area contributed by atoms with Crippen LogP contribution in [0.25, 0.3) is 0 Å². The summed E-state index contributed by atoms with van der Waals surface area (Å²) in [5.74, 6) is -0.337. The van der Waals surface area contributed by atoms with Crippen molar-refractivity contribution in [3.63, 3.8) is 0 Å². The molecular formula is C21H24N2O4. The van der Waals surface area contributed by atoms with E-state index in [1.165, 1.54) is 0 Å². The molecule has 0 atom stereocenters. The number of ether oxygens (including phenoxy) is 1. The van der Waals surface area contributed by atoms with E-state index >= 15 is 0 Å². The number of carboxylic acid groups (broad SMARTS) is 1. The van der Waals surface area contributed by atoms with Crippen molar-refractivity contribution in [2.24, 2.45) is 0 Å². The lowest BCUT2D eigenvalue weighted by molar-refractivity contribution is -0.139. The molecule has 1 amide bonds. The van der Waals surface area contributed by atoms with Gasteiger partial charge in [-0.15, -0.1) is 0 Å². The lowest BCUT2D eigenvalue weighted by Crippen LogP contribution is -2.48. The van der Waals surface area contributed by atoms with Crippen LogP contribution in [0.15, 0.2) is 48.8 Å². The van der Waals surface area contributed by atoms with E-state index < -0.39 is 11.5 Å². The number of hydrogen-bond donors (Lipinski definition) is 2. The van der Waals surface area contributed by atoms with Crippen LogP contribution in [-0.2, 0) is 22.6 Å². The number of nitrogens with zero attached hydrogens (tertiary/aromatic N) is 1. The SMILES string of the molecule is O=C(O)CC1(NC(=O)Cc2cccc(OCc3cccnc3)c2)CCCC1. The average Bonchev–Trinajstić information content (AvgIpc) is 3.08. The maximum absolute atomic E-state index is 12.5. The minimum Gasteiger partial charge on any atom is -0.489 e. The Labute approximate surface area is 158 Å². The molecule has 1 aromatic heterocycles. The molecule has 0 saturated heterocycles. The first-order valence-electron chi connectivity index (χ1n) is 9.18. The molecule has 3 rings (SSSR count). The van der Waals surface area contributed by atoms with Crippen molar-refractivity contribution in [2.75, 3.05) is 0 Å². The predicted molar refractivity (Wildman–Crippen MR) is 100 cm³/mol. The fourth-order valence-electron chi connectivity index (χ4n) is 3.61. The topological polar surface area (TPSA) is 88.5 Å². The van der Waals surface area contributed by atoms with E-state index in [4.69, 9.17) is 9.84 Å². The molecule has 1 saturated carbocycles. The van der Waals surface area contributed by atoms with E-state index in [-0.39, 0.29) is 18.7 Å². The number of carbonyl (C=O) groups excluding carboxylic acids is 1. The van der Waals surface area contributed by atoms with E-state index in [2.05, 4.69) is 10.3 Å². The van der Waals surface area contributed by atoms with Crippen LogP contribution in [0.2, 0.25) is 0 Å². The third-order valence-corrected chi connectivity index (χ3v) is 4.85. The first kappa shape index (κ1) is 18.9. The number of benzene rings is 1. The largest absolute Gasteiger partial charge is 0.489 e. The zero-order valence-corrected chi connectivity index (χ0v) is 15.2. The summed E-state index contributed by atoms with van der Waals surface area (Å²) in [6.07, 6.45) is 6.98. The zero-order valence-electron chi connectivity index (χ0n) is 15.2. The third kappa shape index (κ3) is 5.54. The second kappa shape index (κ2) is 8.66. The minimum absolute atomic E-state index is 0.0208. The molecule has 1 fully saturated rings. The van der Waals surface area contributed by atoms with E-state index in [1.54, 1.807) is 12.4 Å². The minimum atomic E-state index is -0.872. The number of pyridine rings is 1. The summed E-state index contributed by atoms with van der Waals surface area (Å²) < 4.78 is 5.77. The number of hydrogen-bond acceptors (Lipinski definition) is 4. The van der Waals surface area contributed by atoms with Gasteiger partial charge >= 0.3 is 5.97 Å². The Kier molecular flexibility index (Phi) is 6.06. The molecule has 1 aliphatic rings. The third-order valence-electron chi connectivity index (χ3n) is 4.85. The smallest absolute Gasteiger partial charge is 0.305 e. The van der Waals surface area contributed by atoms with Crippen LogP contribution in [0, 0.1) is 0 Å². The molecule has 0 aliphatic heterocycles. The molecule has 0 spiro atoms. The number of nitrogens with one attached hydrogen (secondary N) is 1. The van der Waals surface area contributed by atoms with Gasteiger partial charge < -0.3 is 15.2 Å². The van der Waals surface area contributed by atoms with Gasteiger partial charge in [0.15, 0.2) is 0 Å². The summed E-state index contributed by atoms with van der Waals surface area (Å²) in [7, 11) is 0. The Morgan fingerprint density at radius 2 is 1.93 bits per heavy atom. The molecule has 1 heterocycles. The van der Waals surface area contributed by atoms with Crippen LogP contribution >= 0.6 is 0 Å². The Balaban J connectivity index is 1.58. The highest BCUT2D eigenvalue weighted by Gasteiger charge is 2.37. The van der Waals surface area contributed by atoms with E-state index in [0.717, 1.165) is 36.8 Å². The van der Waals surface area contributed by atoms with Crippen LogP contribution in [-0.4, -0.2) is 27.5 Å². The number of aromatic nitrogens is 1. The number of carbonyl (C=O) groups is 2. The van der Waals surface area contributed by atoms with E-state index in [9.17, 15) is 9.59 Å². The van der Waals surface area contributed by atoms with Gasteiger partial charge in [0.2, 0.25) is 5.91 Å². The molecule has 2 N–H and O–H groups in total. The van der Waals surface area contributed by atoms with Crippen LogP contribution in [0.4, 0.5) is 0 Å². The van der Waals surface area contributed by atoms with Crippen molar-refractivity contribution in [2.45, 2.75) is 50.7 Å². The van der Waals surface area contributed by atoms with Gasteiger partial charge in [-0.2, -0.15) is 0 Å². The molecule has 0 radical (unpaired) electrons. The number of rotatable bonds is 8. The molecular weight excluding hydrogens is 344 g/mol. The number of aliphatic carboxylic acids is 1. The number of amides is 1. The summed E-state index contributed by atoms with van der Waals surface area (Å²) in [4.78, 5) is 27.7. The van der Waals surface area contributed by atoms with Gasteiger partial charge in [-0.3, -0.25) is 14.6 Å². The summed E-state index contributed by atoms with van der Waals surface area (Å²) in [5, 5.41) is 12.1. The van der Waals surface area contributed by atoms with Crippen LogP contribution in [0.3, 0.4) is 0 Å². The summed E-state index contributed by atoms with van der Waals surface area (Å²) in [6.45, 7) is 0.408. The van der Waals surface area contributed by atoms with Crippen LogP contribution < -0.4 is 10.1 Å². The average molecular weight is 368 g/mol. The fraction of sp³-hybridized carbons (Fsp3) is 0.381. The molecule has 1 aliphatic carbocycles. The van der Waals surface area contributed by atoms with Crippen molar-refractivity contribution < 1.29 is 19.4 Å². The molecule has 27 heavy (non-hydrogen) atoms. The monoisotopic (exact) mass is 368 g/mol. The maximum atomic E-state index is 12.5. The Bertz CT molecular complexity index is 786. The fourth-order valence-corrected chi connectivity index (χ4v) is 3.61.